The van der Waals surface area contributed by atoms with Gasteiger partial charge in [0.25, 0.3) is 12.4 Å². The molecule has 6 nitrogen and oxygen atoms in total. The Bertz CT molecular complexity index is 633. The van der Waals surface area contributed by atoms with Gasteiger partial charge in [-0.25, -0.2) is 5.26 Å². The first-order valence-electron chi connectivity index (χ1n) is 7.81. The SMILES string of the molecule is CCOC(=O)C1(Cc2ccccc2[N+](=O)[O-])CCB(C#N)CC1. The molecule has 1 aliphatic heterocycles. The number of para-hydroxylation sites is 1. The van der Waals surface area contributed by atoms with Gasteiger partial charge in [-0.2, -0.15) is 0 Å². The molecule has 23 heavy (non-hydrogen) atoms. The average molecular weight is 314 g/mol. The Hall–Kier alpha value is -2.36. The highest BCUT2D eigenvalue weighted by Crippen LogP contribution is 2.42. The fraction of sp³-hybridized carbons (Fsp3) is 0.500. The number of nitriles is 1. The predicted molar refractivity (Wildman–Crippen MR) is 86.1 cm³/mol. The van der Waals surface area contributed by atoms with E-state index in [4.69, 9.17) is 10.00 Å². The quantitative estimate of drug-likeness (QED) is 0.360. The molecule has 1 aliphatic rings. The lowest BCUT2D eigenvalue weighted by atomic mass is 9.39. The molecule has 1 heterocycles. The molecule has 0 aliphatic carbocycles. The van der Waals surface area contributed by atoms with Crippen LogP contribution in [0.2, 0.25) is 12.6 Å². The first kappa shape index (κ1) is 17.0. The van der Waals surface area contributed by atoms with E-state index in [1.807, 2.05) is 0 Å². The maximum atomic E-state index is 12.5. The maximum absolute atomic E-state index is 12.5. The Kier molecular flexibility index (Phi) is 5.38. The molecule has 0 aromatic heterocycles. The molecule has 0 bridgehead atoms. The molecule has 0 N–H and O–H groups in total. The minimum absolute atomic E-state index is 0.0265. The van der Waals surface area contributed by atoms with Gasteiger partial charge in [0, 0.05) is 17.6 Å². The molecular formula is C16H19BN2O4. The number of hydrogen-bond acceptors (Lipinski definition) is 5. The standard InChI is InChI=1S/C16H19BN2O4/c1-2-23-15(20)16(7-9-17(12-18)10-8-16)11-13-5-3-4-6-14(13)19(21)22/h3-6H,2,7-11H2,1H3. The van der Waals surface area contributed by atoms with Gasteiger partial charge < -0.3 is 4.74 Å². The summed E-state index contributed by atoms with van der Waals surface area (Å²) < 4.78 is 5.23. The molecule has 0 spiro atoms. The van der Waals surface area contributed by atoms with Gasteiger partial charge in [-0.1, -0.05) is 30.8 Å². The maximum Gasteiger partial charge on any atom is 0.312 e. The summed E-state index contributed by atoms with van der Waals surface area (Å²) in [4.78, 5) is 23.3. The van der Waals surface area contributed by atoms with Gasteiger partial charge in [0.15, 0.2) is 0 Å². The zero-order valence-electron chi connectivity index (χ0n) is 13.2. The Balaban J connectivity index is 2.31. The van der Waals surface area contributed by atoms with Crippen LogP contribution in [0.1, 0.15) is 25.3 Å². The zero-order valence-corrected chi connectivity index (χ0v) is 13.2. The topological polar surface area (TPSA) is 93.2 Å². The Morgan fingerprint density at radius 3 is 2.65 bits per heavy atom. The number of esters is 1. The van der Waals surface area contributed by atoms with Crippen LogP contribution in [0.25, 0.3) is 0 Å². The largest absolute Gasteiger partial charge is 0.466 e. The molecule has 7 heteroatoms. The first-order valence-corrected chi connectivity index (χ1v) is 7.81. The highest BCUT2D eigenvalue weighted by molar-refractivity contribution is 6.67. The number of hydrogen-bond donors (Lipinski definition) is 0. The molecule has 1 aromatic rings. The Morgan fingerprint density at radius 1 is 1.43 bits per heavy atom. The number of carbonyl (C=O) groups excluding carboxylic acids is 1. The molecule has 1 saturated heterocycles. The summed E-state index contributed by atoms with van der Waals surface area (Å²) in [5.41, 5.74) is -0.199. The van der Waals surface area contributed by atoms with Crippen LogP contribution in [0.3, 0.4) is 0 Å². The van der Waals surface area contributed by atoms with Crippen molar-refractivity contribution >= 4 is 18.4 Å². The van der Waals surface area contributed by atoms with E-state index in [2.05, 4.69) is 5.97 Å². The summed E-state index contributed by atoms with van der Waals surface area (Å²) in [5.74, 6) is 1.94. The average Bonchev–Trinajstić information content (AvgIpc) is 2.56. The summed E-state index contributed by atoms with van der Waals surface area (Å²) in [7, 11) is 0. The number of nitrogens with zero attached hydrogens (tertiary/aromatic N) is 2. The van der Waals surface area contributed by atoms with E-state index < -0.39 is 10.3 Å². The normalized spacial score (nSPS) is 16.4. The molecule has 0 radical (unpaired) electrons. The van der Waals surface area contributed by atoms with Gasteiger partial charge in [-0.15, -0.1) is 0 Å². The number of nitro benzene ring substituents is 1. The van der Waals surface area contributed by atoms with E-state index in [1.54, 1.807) is 25.1 Å². The monoisotopic (exact) mass is 314 g/mol. The second-order valence-electron chi connectivity index (χ2n) is 5.97. The summed E-state index contributed by atoms with van der Waals surface area (Å²) in [6.07, 6.45) is 2.57. The minimum Gasteiger partial charge on any atom is -0.466 e. The van der Waals surface area contributed by atoms with Crippen LogP contribution >= 0.6 is 0 Å². The van der Waals surface area contributed by atoms with Crippen LogP contribution in [0, 0.1) is 26.8 Å². The van der Waals surface area contributed by atoms with Gasteiger partial charge in [-0.3, -0.25) is 14.9 Å². The van der Waals surface area contributed by atoms with Gasteiger partial charge in [-0.05, 0) is 26.2 Å². The van der Waals surface area contributed by atoms with Gasteiger partial charge in [0.05, 0.1) is 16.9 Å². The van der Waals surface area contributed by atoms with E-state index in [1.165, 1.54) is 6.07 Å². The number of benzene rings is 1. The number of ether oxygens (including phenoxy) is 1. The van der Waals surface area contributed by atoms with Gasteiger partial charge in [0.2, 0.25) is 0 Å². The molecule has 0 unspecified atom stereocenters. The minimum atomic E-state index is -0.768. The lowest BCUT2D eigenvalue weighted by Gasteiger charge is -2.35. The van der Waals surface area contributed by atoms with Crippen molar-refractivity contribution in [2.45, 2.75) is 38.8 Å². The molecular weight excluding hydrogens is 295 g/mol. The third-order valence-corrected chi connectivity index (χ3v) is 4.55. The molecule has 120 valence electrons. The van der Waals surface area contributed by atoms with E-state index >= 15 is 0 Å². The molecule has 0 amide bonds. The van der Waals surface area contributed by atoms with Crippen molar-refractivity contribution in [2.24, 2.45) is 5.41 Å². The molecule has 0 saturated carbocycles. The van der Waals surface area contributed by atoms with Crippen molar-refractivity contribution in [3.63, 3.8) is 0 Å². The Labute approximate surface area is 135 Å². The Morgan fingerprint density at radius 2 is 2.09 bits per heavy atom. The summed E-state index contributed by atoms with van der Waals surface area (Å²) in [5, 5.41) is 20.3. The molecule has 0 atom stereocenters. The predicted octanol–water partition coefficient (Wildman–Crippen LogP) is 3.04. The third-order valence-electron chi connectivity index (χ3n) is 4.55. The van der Waals surface area contributed by atoms with Crippen molar-refractivity contribution < 1.29 is 14.5 Å². The van der Waals surface area contributed by atoms with E-state index in [0.29, 0.717) is 31.0 Å². The highest BCUT2D eigenvalue weighted by Gasteiger charge is 2.45. The van der Waals surface area contributed by atoms with Crippen LogP contribution in [0.5, 0.6) is 0 Å². The summed E-state index contributed by atoms with van der Waals surface area (Å²) >= 11 is 0. The fourth-order valence-corrected chi connectivity index (χ4v) is 3.24. The molecule has 1 fully saturated rings. The van der Waals surface area contributed by atoms with Gasteiger partial charge >= 0.3 is 5.97 Å². The second kappa shape index (κ2) is 7.27. The number of carbonyl (C=O) groups is 1. The van der Waals surface area contributed by atoms with E-state index in [9.17, 15) is 14.9 Å². The second-order valence-corrected chi connectivity index (χ2v) is 5.97. The summed E-state index contributed by atoms with van der Waals surface area (Å²) in [6, 6.07) is 6.50. The van der Waals surface area contributed by atoms with Crippen LogP contribution in [-0.2, 0) is 16.0 Å². The van der Waals surface area contributed by atoms with Crippen molar-refractivity contribution in [2.75, 3.05) is 6.61 Å². The van der Waals surface area contributed by atoms with Crippen LogP contribution in [0.4, 0.5) is 5.69 Å². The smallest absolute Gasteiger partial charge is 0.312 e. The van der Waals surface area contributed by atoms with Crippen LogP contribution in [0.15, 0.2) is 24.3 Å². The fourth-order valence-electron chi connectivity index (χ4n) is 3.24. The lowest BCUT2D eigenvalue weighted by molar-refractivity contribution is -0.385. The van der Waals surface area contributed by atoms with Crippen molar-refractivity contribution in [1.29, 1.82) is 5.26 Å². The number of nitro groups is 1. The number of rotatable bonds is 5. The summed E-state index contributed by atoms with van der Waals surface area (Å²) in [6.45, 7) is 1.97. The van der Waals surface area contributed by atoms with E-state index in [-0.39, 0.29) is 31.4 Å². The van der Waals surface area contributed by atoms with E-state index in [0.717, 1.165) is 0 Å². The van der Waals surface area contributed by atoms with Crippen LogP contribution < -0.4 is 0 Å². The van der Waals surface area contributed by atoms with Crippen LogP contribution in [-0.4, -0.2) is 24.2 Å². The van der Waals surface area contributed by atoms with Gasteiger partial charge in [0.1, 0.15) is 0 Å². The van der Waals surface area contributed by atoms with Crippen molar-refractivity contribution in [3.05, 3.63) is 39.9 Å². The zero-order chi connectivity index (χ0) is 16.9. The van der Waals surface area contributed by atoms with Crippen molar-refractivity contribution in [1.82, 2.24) is 0 Å². The van der Waals surface area contributed by atoms with Crippen molar-refractivity contribution in [3.8, 4) is 5.97 Å². The third kappa shape index (κ3) is 3.70. The lowest BCUT2D eigenvalue weighted by Crippen LogP contribution is -2.40. The molecule has 1 aromatic carbocycles. The molecule has 2 rings (SSSR count). The highest BCUT2D eigenvalue weighted by atomic mass is 16.6. The first-order chi connectivity index (χ1) is 11.0.